The van der Waals surface area contributed by atoms with E-state index >= 15 is 0 Å². The molecule has 7 heteroatoms. The molecule has 0 radical (unpaired) electrons. The number of nitrogens with zero attached hydrogens (tertiary/aromatic N) is 2. The van der Waals surface area contributed by atoms with Crippen LogP contribution in [0, 0.1) is 0 Å². The third kappa shape index (κ3) is 3.77. The number of aryl methyl sites for hydroxylation is 1. The van der Waals surface area contributed by atoms with E-state index in [0.29, 0.717) is 17.1 Å². The van der Waals surface area contributed by atoms with Crippen LogP contribution < -0.4 is 19.9 Å². The Morgan fingerprint density at radius 1 is 1.06 bits per heavy atom. The van der Waals surface area contributed by atoms with Gasteiger partial charge in [0.2, 0.25) is 0 Å². The van der Waals surface area contributed by atoms with Gasteiger partial charge in [-0.1, -0.05) is 0 Å². The summed E-state index contributed by atoms with van der Waals surface area (Å²) in [5.41, 5.74) is 4.15. The quantitative estimate of drug-likeness (QED) is 0.497. The van der Waals surface area contributed by atoms with E-state index in [0.717, 1.165) is 46.8 Å². The topological polar surface area (TPSA) is 67.5 Å². The number of anilines is 1. The number of thiophene rings is 1. The van der Waals surface area contributed by atoms with Crippen LogP contribution in [-0.4, -0.2) is 30.7 Å². The minimum atomic E-state index is -0.0864. The van der Waals surface area contributed by atoms with Crippen LogP contribution in [-0.2, 0) is 13.0 Å². The average molecular weight is 434 g/mol. The van der Waals surface area contributed by atoms with E-state index in [1.807, 2.05) is 36.4 Å². The molecule has 1 aliphatic rings. The van der Waals surface area contributed by atoms with Crippen molar-refractivity contribution < 1.29 is 9.47 Å². The molecule has 0 atom stereocenters. The SMILES string of the molecule is COc1ccc(-c2cc3nc(CN4CCCc5cc(OC)ccc54)[nH]c(=O)c3s2)cc1. The Bertz CT molecular complexity index is 1290. The second-order valence-electron chi connectivity index (χ2n) is 7.59. The lowest BCUT2D eigenvalue weighted by Crippen LogP contribution is -2.30. The maximum absolute atomic E-state index is 12.8. The van der Waals surface area contributed by atoms with Crippen LogP contribution in [0.25, 0.3) is 20.7 Å². The summed E-state index contributed by atoms with van der Waals surface area (Å²) in [5.74, 6) is 2.36. The van der Waals surface area contributed by atoms with Crippen LogP contribution in [0.3, 0.4) is 0 Å². The first kappa shape index (κ1) is 19.6. The molecule has 0 saturated carbocycles. The Kier molecular flexibility index (Phi) is 5.11. The molecule has 0 spiro atoms. The van der Waals surface area contributed by atoms with E-state index in [4.69, 9.17) is 14.5 Å². The number of benzene rings is 2. The highest BCUT2D eigenvalue weighted by Gasteiger charge is 2.19. The van der Waals surface area contributed by atoms with Gasteiger partial charge in [0, 0.05) is 17.1 Å². The minimum absolute atomic E-state index is 0.0864. The third-order valence-electron chi connectivity index (χ3n) is 5.65. The summed E-state index contributed by atoms with van der Waals surface area (Å²) in [6.45, 7) is 1.50. The predicted molar refractivity (Wildman–Crippen MR) is 125 cm³/mol. The van der Waals surface area contributed by atoms with Crippen molar-refractivity contribution in [1.29, 1.82) is 0 Å². The number of nitrogens with one attached hydrogen (secondary N) is 1. The largest absolute Gasteiger partial charge is 0.497 e. The fourth-order valence-corrected chi connectivity index (χ4v) is 5.08. The average Bonchev–Trinajstić information content (AvgIpc) is 3.24. The molecule has 1 N–H and O–H groups in total. The van der Waals surface area contributed by atoms with E-state index in [1.165, 1.54) is 22.6 Å². The predicted octanol–water partition coefficient (Wildman–Crippen LogP) is 4.62. The fourth-order valence-electron chi connectivity index (χ4n) is 4.08. The summed E-state index contributed by atoms with van der Waals surface area (Å²) >= 11 is 1.46. The minimum Gasteiger partial charge on any atom is -0.497 e. The molecule has 0 aliphatic carbocycles. The van der Waals surface area contributed by atoms with Gasteiger partial charge in [-0.15, -0.1) is 11.3 Å². The molecule has 0 saturated heterocycles. The summed E-state index contributed by atoms with van der Waals surface area (Å²) < 4.78 is 11.2. The molecule has 2 aromatic heterocycles. The molecular formula is C24H23N3O3S. The summed E-state index contributed by atoms with van der Waals surface area (Å²) in [7, 11) is 3.34. The van der Waals surface area contributed by atoms with Crippen molar-refractivity contribution in [3.63, 3.8) is 0 Å². The molecule has 0 unspecified atom stereocenters. The van der Waals surface area contributed by atoms with Gasteiger partial charge in [0.05, 0.1) is 26.3 Å². The van der Waals surface area contributed by atoms with Crippen LogP contribution in [0.15, 0.2) is 53.3 Å². The fraction of sp³-hybridized carbons (Fsp3) is 0.250. The monoisotopic (exact) mass is 433 g/mol. The Labute approximate surface area is 184 Å². The first-order chi connectivity index (χ1) is 15.1. The van der Waals surface area contributed by atoms with Gasteiger partial charge in [-0.3, -0.25) is 4.79 Å². The van der Waals surface area contributed by atoms with E-state index in [9.17, 15) is 4.79 Å². The highest BCUT2D eigenvalue weighted by molar-refractivity contribution is 7.22. The van der Waals surface area contributed by atoms with E-state index in [-0.39, 0.29) is 5.56 Å². The van der Waals surface area contributed by atoms with Gasteiger partial charge < -0.3 is 19.4 Å². The van der Waals surface area contributed by atoms with Gasteiger partial charge in [-0.05, 0) is 72.5 Å². The second-order valence-corrected chi connectivity index (χ2v) is 8.64. The summed E-state index contributed by atoms with van der Waals surface area (Å²) in [5, 5.41) is 0. The molecule has 1 aliphatic heterocycles. The summed E-state index contributed by atoms with van der Waals surface area (Å²) in [6, 6.07) is 16.0. The van der Waals surface area contributed by atoms with Crippen molar-refractivity contribution in [3.05, 3.63) is 70.3 Å². The molecule has 158 valence electrons. The zero-order chi connectivity index (χ0) is 21.4. The molecule has 6 nitrogen and oxygen atoms in total. The van der Waals surface area contributed by atoms with Crippen molar-refractivity contribution >= 4 is 27.2 Å². The number of ether oxygens (including phenoxy) is 2. The highest BCUT2D eigenvalue weighted by Crippen LogP contribution is 2.33. The lowest BCUT2D eigenvalue weighted by Gasteiger charge is -2.31. The van der Waals surface area contributed by atoms with Crippen molar-refractivity contribution in [2.45, 2.75) is 19.4 Å². The Morgan fingerprint density at radius 3 is 2.61 bits per heavy atom. The Morgan fingerprint density at radius 2 is 1.84 bits per heavy atom. The van der Waals surface area contributed by atoms with Crippen LogP contribution in [0.1, 0.15) is 17.8 Å². The van der Waals surface area contributed by atoms with Crippen LogP contribution >= 0.6 is 11.3 Å². The van der Waals surface area contributed by atoms with E-state index < -0.39 is 0 Å². The zero-order valence-electron chi connectivity index (χ0n) is 17.5. The maximum atomic E-state index is 12.8. The van der Waals surface area contributed by atoms with E-state index in [1.54, 1.807) is 14.2 Å². The van der Waals surface area contributed by atoms with Crippen molar-refractivity contribution in [2.75, 3.05) is 25.7 Å². The van der Waals surface area contributed by atoms with Gasteiger partial charge in [-0.25, -0.2) is 4.98 Å². The van der Waals surface area contributed by atoms with Gasteiger partial charge in [0.1, 0.15) is 22.0 Å². The van der Waals surface area contributed by atoms with Crippen LogP contribution in [0.4, 0.5) is 5.69 Å². The number of aromatic amines is 1. The number of hydrogen-bond donors (Lipinski definition) is 1. The van der Waals surface area contributed by atoms with Crippen LogP contribution in [0.5, 0.6) is 11.5 Å². The molecule has 0 fully saturated rings. The smallest absolute Gasteiger partial charge is 0.268 e. The highest BCUT2D eigenvalue weighted by atomic mass is 32.1. The van der Waals surface area contributed by atoms with E-state index in [2.05, 4.69) is 22.0 Å². The molecular weight excluding hydrogens is 410 g/mol. The lowest BCUT2D eigenvalue weighted by atomic mass is 10.0. The third-order valence-corrected chi connectivity index (χ3v) is 6.82. The van der Waals surface area contributed by atoms with Gasteiger partial charge in [-0.2, -0.15) is 0 Å². The molecule has 0 bridgehead atoms. The number of methoxy groups -OCH3 is 2. The molecule has 31 heavy (non-hydrogen) atoms. The van der Waals surface area contributed by atoms with Crippen molar-refractivity contribution in [2.24, 2.45) is 0 Å². The summed E-state index contributed by atoms with van der Waals surface area (Å²) in [4.78, 5) is 23.8. The summed E-state index contributed by atoms with van der Waals surface area (Å²) in [6.07, 6.45) is 2.09. The normalized spacial score (nSPS) is 13.3. The lowest BCUT2D eigenvalue weighted by molar-refractivity contribution is 0.414. The Balaban J connectivity index is 1.46. The first-order valence-corrected chi connectivity index (χ1v) is 11.1. The zero-order valence-corrected chi connectivity index (χ0v) is 18.3. The number of rotatable bonds is 5. The number of hydrogen-bond acceptors (Lipinski definition) is 6. The Hall–Kier alpha value is -3.32. The van der Waals surface area contributed by atoms with Crippen LogP contribution in [0.2, 0.25) is 0 Å². The molecule has 3 heterocycles. The van der Waals surface area contributed by atoms with Gasteiger partial charge in [0.25, 0.3) is 5.56 Å². The number of H-pyrrole nitrogens is 1. The second kappa shape index (κ2) is 8.07. The van der Waals surface area contributed by atoms with Gasteiger partial charge >= 0.3 is 0 Å². The van der Waals surface area contributed by atoms with Crippen molar-refractivity contribution in [3.8, 4) is 21.9 Å². The number of aromatic nitrogens is 2. The molecule has 2 aromatic carbocycles. The molecule has 4 aromatic rings. The molecule has 0 amide bonds. The number of fused-ring (bicyclic) bond motifs is 2. The first-order valence-electron chi connectivity index (χ1n) is 10.2. The maximum Gasteiger partial charge on any atom is 0.268 e. The van der Waals surface area contributed by atoms with Gasteiger partial charge in [0.15, 0.2) is 0 Å². The molecule has 5 rings (SSSR count). The van der Waals surface area contributed by atoms with Crippen molar-refractivity contribution in [1.82, 2.24) is 9.97 Å². The standard InChI is InChI=1S/C24H23N3O3S/c1-29-17-7-5-15(6-8-17)21-13-19-23(31-21)24(28)26-22(25-19)14-27-11-3-4-16-12-18(30-2)9-10-20(16)27/h5-10,12-13H,3-4,11,14H2,1-2H3,(H,25,26,28).